The van der Waals surface area contributed by atoms with E-state index in [-0.39, 0.29) is 24.7 Å². The number of nitrogens with two attached hydrogens (primary N) is 1. The number of aromatic nitrogens is 4. The molecule has 33 heavy (non-hydrogen) atoms. The van der Waals surface area contributed by atoms with Gasteiger partial charge in [-0.25, -0.2) is 0 Å². The summed E-state index contributed by atoms with van der Waals surface area (Å²) in [6.07, 6.45) is -2.74. The molecular weight excluding hydrogens is 439 g/mol. The molecule has 2 heterocycles. The van der Waals surface area contributed by atoms with Crippen LogP contribution < -0.4 is 10.5 Å². The molecule has 0 atom stereocenters. The van der Waals surface area contributed by atoms with E-state index < -0.39 is 17.6 Å². The maximum absolute atomic E-state index is 12.7. The smallest absolute Gasteiger partial charge is 0.416 e. The Balaban J connectivity index is 1.50. The minimum atomic E-state index is -4.41. The van der Waals surface area contributed by atoms with Gasteiger partial charge in [-0.05, 0) is 29.8 Å². The Morgan fingerprint density at radius 3 is 2.45 bits per heavy atom. The van der Waals surface area contributed by atoms with E-state index in [0.717, 1.165) is 17.7 Å². The lowest BCUT2D eigenvalue weighted by Gasteiger charge is -2.10. The number of alkyl halides is 3. The van der Waals surface area contributed by atoms with Crippen LogP contribution in [0.3, 0.4) is 0 Å². The summed E-state index contributed by atoms with van der Waals surface area (Å²) in [5.74, 6) is 0.407. The lowest BCUT2D eigenvalue weighted by Crippen LogP contribution is -2.13. The first-order chi connectivity index (χ1) is 15.7. The first kappa shape index (κ1) is 22.1. The Labute approximate surface area is 185 Å². The molecule has 0 aliphatic rings. The van der Waals surface area contributed by atoms with Gasteiger partial charge in [0.1, 0.15) is 12.4 Å². The lowest BCUT2D eigenvalue weighted by atomic mass is 10.1. The van der Waals surface area contributed by atoms with E-state index in [1.165, 1.54) is 12.1 Å². The van der Waals surface area contributed by atoms with Crippen molar-refractivity contribution in [2.24, 2.45) is 12.8 Å². The SMILES string of the molecule is Cn1ncc(-c2nc(-c3ccc(CC(N)=O)cc3)no2)c1COc1ccc(C(F)(F)F)cc1. The van der Waals surface area contributed by atoms with Crippen molar-refractivity contribution in [1.82, 2.24) is 19.9 Å². The molecule has 8 nitrogen and oxygen atoms in total. The maximum atomic E-state index is 12.7. The second-order valence-electron chi connectivity index (χ2n) is 7.20. The largest absolute Gasteiger partial charge is 0.487 e. The first-order valence-corrected chi connectivity index (χ1v) is 9.73. The summed E-state index contributed by atoms with van der Waals surface area (Å²) in [5.41, 5.74) is 7.04. The molecule has 170 valence electrons. The van der Waals surface area contributed by atoms with Crippen molar-refractivity contribution in [3.05, 3.63) is 71.5 Å². The molecule has 2 aromatic carbocycles. The highest BCUT2D eigenvalue weighted by Gasteiger charge is 2.30. The van der Waals surface area contributed by atoms with Gasteiger partial charge in [-0.3, -0.25) is 9.48 Å². The van der Waals surface area contributed by atoms with Gasteiger partial charge in [-0.15, -0.1) is 0 Å². The van der Waals surface area contributed by atoms with Crippen LogP contribution in [-0.2, 0) is 31.0 Å². The fraction of sp³-hybridized carbons (Fsp3) is 0.182. The Morgan fingerprint density at radius 2 is 1.82 bits per heavy atom. The molecule has 0 unspecified atom stereocenters. The summed E-state index contributed by atoms with van der Waals surface area (Å²) in [6.45, 7) is 0.0245. The van der Waals surface area contributed by atoms with Crippen LogP contribution >= 0.6 is 0 Å². The number of halogens is 3. The molecule has 2 N–H and O–H groups in total. The van der Waals surface area contributed by atoms with E-state index in [1.807, 2.05) is 0 Å². The van der Waals surface area contributed by atoms with E-state index in [1.54, 1.807) is 42.2 Å². The number of benzene rings is 2. The first-order valence-electron chi connectivity index (χ1n) is 9.73. The number of aryl methyl sites for hydroxylation is 1. The van der Waals surface area contributed by atoms with Crippen molar-refractivity contribution in [2.75, 3.05) is 0 Å². The Hall–Kier alpha value is -4.15. The number of hydrogen-bond donors (Lipinski definition) is 1. The fourth-order valence-corrected chi connectivity index (χ4v) is 3.13. The van der Waals surface area contributed by atoms with Gasteiger partial charge in [0.15, 0.2) is 0 Å². The van der Waals surface area contributed by atoms with E-state index in [2.05, 4.69) is 15.2 Å². The number of primary amides is 1. The molecule has 0 spiro atoms. The van der Waals surface area contributed by atoms with Gasteiger partial charge in [-0.1, -0.05) is 29.4 Å². The monoisotopic (exact) mass is 457 g/mol. The molecule has 2 aromatic heterocycles. The maximum Gasteiger partial charge on any atom is 0.416 e. The Bertz CT molecular complexity index is 1260. The van der Waals surface area contributed by atoms with Crippen LogP contribution in [0.2, 0.25) is 0 Å². The second kappa shape index (κ2) is 8.77. The summed E-state index contributed by atoms with van der Waals surface area (Å²) < 4.78 is 50.8. The molecule has 0 aliphatic carbocycles. The highest BCUT2D eigenvalue weighted by molar-refractivity contribution is 5.76. The van der Waals surface area contributed by atoms with Gasteiger partial charge in [-0.2, -0.15) is 23.3 Å². The van der Waals surface area contributed by atoms with Gasteiger partial charge < -0.3 is 15.0 Å². The highest BCUT2D eigenvalue weighted by Crippen LogP contribution is 2.31. The van der Waals surface area contributed by atoms with Crippen LogP contribution in [0.5, 0.6) is 5.75 Å². The fourth-order valence-electron chi connectivity index (χ4n) is 3.13. The van der Waals surface area contributed by atoms with E-state index >= 15 is 0 Å². The summed E-state index contributed by atoms with van der Waals surface area (Å²) in [5, 5.41) is 8.18. The Kier molecular flexibility index (Phi) is 5.86. The van der Waals surface area contributed by atoms with Crippen molar-refractivity contribution in [3.63, 3.8) is 0 Å². The van der Waals surface area contributed by atoms with E-state index in [4.69, 9.17) is 15.0 Å². The number of hydrogen-bond acceptors (Lipinski definition) is 6. The average Bonchev–Trinajstić information content (AvgIpc) is 3.39. The predicted molar refractivity (Wildman–Crippen MR) is 111 cm³/mol. The van der Waals surface area contributed by atoms with Crippen molar-refractivity contribution in [1.29, 1.82) is 0 Å². The van der Waals surface area contributed by atoms with Crippen molar-refractivity contribution < 1.29 is 27.2 Å². The molecular formula is C22H18F3N5O3. The third kappa shape index (κ3) is 5.03. The summed E-state index contributed by atoms with van der Waals surface area (Å²) in [6, 6.07) is 11.4. The van der Waals surface area contributed by atoms with E-state index in [9.17, 15) is 18.0 Å². The number of nitrogens with zero attached hydrogens (tertiary/aromatic N) is 4. The average molecular weight is 457 g/mol. The predicted octanol–water partition coefficient (Wildman–Crippen LogP) is 3.76. The second-order valence-corrected chi connectivity index (χ2v) is 7.20. The van der Waals surface area contributed by atoms with Crippen molar-refractivity contribution in [3.8, 4) is 28.6 Å². The molecule has 0 radical (unpaired) electrons. The van der Waals surface area contributed by atoms with Crippen molar-refractivity contribution in [2.45, 2.75) is 19.2 Å². The zero-order valence-corrected chi connectivity index (χ0v) is 17.3. The van der Waals surface area contributed by atoms with Gasteiger partial charge in [0.25, 0.3) is 5.89 Å². The number of amides is 1. The molecule has 4 aromatic rings. The zero-order valence-electron chi connectivity index (χ0n) is 17.3. The van der Waals surface area contributed by atoms with E-state index in [0.29, 0.717) is 22.6 Å². The number of carbonyl (C=O) groups excluding carboxylic acids is 1. The molecule has 0 fully saturated rings. The van der Waals surface area contributed by atoms with Crippen LogP contribution in [-0.4, -0.2) is 25.8 Å². The van der Waals surface area contributed by atoms with Gasteiger partial charge >= 0.3 is 6.18 Å². The lowest BCUT2D eigenvalue weighted by molar-refractivity contribution is -0.137. The highest BCUT2D eigenvalue weighted by atomic mass is 19.4. The van der Waals surface area contributed by atoms with Crippen LogP contribution in [0, 0.1) is 0 Å². The molecule has 0 saturated heterocycles. The zero-order chi connectivity index (χ0) is 23.6. The van der Waals surface area contributed by atoms with Crippen LogP contribution in [0.25, 0.3) is 22.8 Å². The number of carbonyl (C=O) groups is 1. The molecule has 0 aliphatic heterocycles. The summed E-state index contributed by atoms with van der Waals surface area (Å²) in [4.78, 5) is 15.4. The molecule has 0 bridgehead atoms. The normalized spacial score (nSPS) is 11.5. The van der Waals surface area contributed by atoms with Gasteiger partial charge in [0, 0.05) is 12.6 Å². The molecule has 4 rings (SSSR count). The third-order valence-electron chi connectivity index (χ3n) is 4.87. The van der Waals surface area contributed by atoms with Crippen LogP contribution in [0.15, 0.2) is 59.3 Å². The van der Waals surface area contributed by atoms with Crippen LogP contribution in [0.1, 0.15) is 16.8 Å². The number of ether oxygens (including phenoxy) is 1. The van der Waals surface area contributed by atoms with Gasteiger partial charge in [0.05, 0.1) is 29.4 Å². The third-order valence-corrected chi connectivity index (χ3v) is 4.87. The minimum absolute atomic E-state index is 0.0245. The van der Waals surface area contributed by atoms with Gasteiger partial charge in [0.2, 0.25) is 11.7 Å². The molecule has 11 heteroatoms. The quantitative estimate of drug-likeness (QED) is 0.453. The topological polar surface area (TPSA) is 109 Å². The van der Waals surface area contributed by atoms with Crippen LogP contribution in [0.4, 0.5) is 13.2 Å². The van der Waals surface area contributed by atoms with Crippen molar-refractivity contribution >= 4 is 5.91 Å². The Morgan fingerprint density at radius 1 is 1.12 bits per heavy atom. The molecule has 1 amide bonds. The summed E-state index contributed by atoms with van der Waals surface area (Å²) >= 11 is 0. The minimum Gasteiger partial charge on any atom is -0.487 e. The number of rotatable bonds is 7. The standard InChI is InChI=1S/C22H18F3N5O3/c1-30-18(12-32-16-8-6-15(7-9-16)22(23,24)25)17(11-27-30)21-28-20(29-33-21)14-4-2-13(3-5-14)10-19(26)31/h2-9,11H,10,12H2,1H3,(H2,26,31). The molecule has 0 saturated carbocycles. The summed E-state index contributed by atoms with van der Waals surface area (Å²) in [7, 11) is 1.70.